The van der Waals surface area contributed by atoms with Gasteiger partial charge in [-0.1, -0.05) is 0 Å². The van der Waals surface area contributed by atoms with Crippen molar-refractivity contribution in [3.05, 3.63) is 6.92 Å². The zero-order chi connectivity index (χ0) is 5.33. The highest BCUT2D eigenvalue weighted by atomic mass is 15.5. The number of rotatable bonds is 2. The molecule has 7 heavy (non-hydrogen) atoms. The second kappa shape index (κ2) is 1.48. The molecule has 1 rings (SSSR count). The summed E-state index contributed by atoms with van der Waals surface area (Å²) in [6.45, 7) is 11.2. The third-order valence-electron chi connectivity index (χ3n) is 2.00. The van der Waals surface area contributed by atoms with Crippen LogP contribution in [0.4, 0.5) is 0 Å². The monoisotopic (exact) mass is 99.1 g/mol. The Labute approximate surface area is 45.5 Å². The average Bonchev–Trinajstić information content (AvgIpc) is 2.46. The molecule has 0 amide bonds. The summed E-state index contributed by atoms with van der Waals surface area (Å²) >= 11 is 0. The van der Waals surface area contributed by atoms with E-state index in [1.807, 2.05) is 0 Å². The van der Waals surface area contributed by atoms with E-state index in [9.17, 15) is 0 Å². The van der Waals surface area contributed by atoms with Crippen molar-refractivity contribution in [2.45, 2.75) is 6.92 Å². The summed E-state index contributed by atoms with van der Waals surface area (Å²) in [6, 6.07) is 0. The van der Waals surface area contributed by atoms with Crippen molar-refractivity contribution in [3.8, 4) is 0 Å². The number of quaternary nitrogens is 1. The molecule has 0 unspecified atom stereocenters. The van der Waals surface area contributed by atoms with E-state index in [4.69, 9.17) is 0 Å². The Morgan fingerprint density at radius 3 is 2.14 bits per heavy atom. The maximum Gasteiger partial charge on any atom is 0.129 e. The van der Waals surface area contributed by atoms with E-state index in [0.29, 0.717) is 0 Å². The van der Waals surface area contributed by atoms with Crippen molar-refractivity contribution in [1.82, 2.24) is 0 Å². The Hall–Kier alpha value is -0.0400. The predicted molar refractivity (Wildman–Crippen MR) is 30.8 cm³/mol. The molecule has 1 saturated heterocycles. The van der Waals surface area contributed by atoms with Crippen molar-refractivity contribution >= 4 is 0 Å². The van der Waals surface area contributed by atoms with E-state index < -0.39 is 0 Å². The first-order valence-corrected chi connectivity index (χ1v) is 2.97. The van der Waals surface area contributed by atoms with Crippen LogP contribution in [0, 0.1) is 6.92 Å². The standard InChI is InChI=1S/C6H13N/c1-3-7(4-2)5-6-7/h1,3-6H2,2H3/q+1. The molecule has 1 aliphatic rings. The molecule has 0 N–H and O–H groups in total. The Morgan fingerprint density at radius 2 is 2.14 bits per heavy atom. The van der Waals surface area contributed by atoms with E-state index >= 15 is 0 Å². The summed E-state index contributed by atoms with van der Waals surface area (Å²) < 4.78 is 1.28. The Balaban J connectivity index is 2.28. The second-order valence-electron chi connectivity index (χ2n) is 2.33. The van der Waals surface area contributed by atoms with Crippen LogP contribution in [0.5, 0.6) is 0 Å². The summed E-state index contributed by atoms with van der Waals surface area (Å²) in [5.41, 5.74) is 0. The van der Waals surface area contributed by atoms with Crippen LogP contribution in [0.2, 0.25) is 0 Å². The molecule has 0 saturated carbocycles. The predicted octanol–water partition coefficient (Wildman–Crippen LogP) is 0.671. The van der Waals surface area contributed by atoms with Crippen LogP contribution < -0.4 is 0 Å². The zero-order valence-corrected chi connectivity index (χ0v) is 4.98. The molecule has 1 nitrogen and oxygen atoms in total. The average molecular weight is 99.2 g/mol. The van der Waals surface area contributed by atoms with Gasteiger partial charge < -0.3 is 4.48 Å². The molecule has 41 valence electrons. The van der Waals surface area contributed by atoms with E-state index in [2.05, 4.69) is 13.8 Å². The van der Waals surface area contributed by atoms with Crippen molar-refractivity contribution in [1.29, 1.82) is 0 Å². The summed E-state index contributed by atoms with van der Waals surface area (Å²) in [4.78, 5) is 0. The van der Waals surface area contributed by atoms with Gasteiger partial charge in [0.25, 0.3) is 0 Å². The van der Waals surface area contributed by atoms with Crippen molar-refractivity contribution in [2.75, 3.05) is 26.2 Å². The molecule has 0 aliphatic carbocycles. The second-order valence-corrected chi connectivity index (χ2v) is 2.33. The first-order chi connectivity index (χ1) is 3.33. The fourth-order valence-electron chi connectivity index (χ4n) is 0.839. The maximum atomic E-state index is 3.86. The molecule has 1 heteroatoms. The van der Waals surface area contributed by atoms with Gasteiger partial charge in [0, 0.05) is 6.92 Å². The van der Waals surface area contributed by atoms with Crippen LogP contribution in [-0.2, 0) is 0 Å². The molecule has 0 aromatic heterocycles. The lowest BCUT2D eigenvalue weighted by Crippen LogP contribution is -2.24. The van der Waals surface area contributed by atoms with Gasteiger partial charge in [-0.2, -0.15) is 0 Å². The van der Waals surface area contributed by atoms with Crippen LogP contribution in [0.25, 0.3) is 0 Å². The van der Waals surface area contributed by atoms with Crippen molar-refractivity contribution in [3.63, 3.8) is 0 Å². The van der Waals surface area contributed by atoms with Crippen LogP contribution in [-0.4, -0.2) is 30.7 Å². The smallest absolute Gasteiger partial charge is 0.129 e. The summed E-state index contributed by atoms with van der Waals surface area (Å²) in [7, 11) is 0. The van der Waals surface area contributed by atoms with Gasteiger partial charge in [-0.05, 0) is 6.92 Å². The van der Waals surface area contributed by atoms with E-state index in [1.165, 1.54) is 24.1 Å². The lowest BCUT2D eigenvalue weighted by Gasteiger charge is -2.10. The first-order valence-electron chi connectivity index (χ1n) is 2.97. The topological polar surface area (TPSA) is 0 Å². The Morgan fingerprint density at radius 1 is 1.57 bits per heavy atom. The van der Waals surface area contributed by atoms with E-state index in [1.54, 1.807) is 0 Å². The van der Waals surface area contributed by atoms with Crippen LogP contribution in [0.3, 0.4) is 0 Å². The van der Waals surface area contributed by atoms with Crippen LogP contribution in [0.15, 0.2) is 0 Å². The first kappa shape index (κ1) is 5.10. The fraction of sp³-hybridized carbons (Fsp3) is 0.833. The molecule has 1 fully saturated rings. The van der Waals surface area contributed by atoms with Gasteiger partial charge in [-0.15, -0.1) is 0 Å². The molecular weight excluding hydrogens is 86.1 g/mol. The van der Waals surface area contributed by atoms with Crippen molar-refractivity contribution < 1.29 is 4.48 Å². The molecule has 0 spiro atoms. The highest BCUT2D eigenvalue weighted by Crippen LogP contribution is 2.17. The number of hydrogen-bond acceptors (Lipinski definition) is 0. The molecule has 0 aromatic rings. The van der Waals surface area contributed by atoms with E-state index in [0.717, 1.165) is 6.54 Å². The third kappa shape index (κ3) is 0.778. The normalized spacial score (nSPS) is 24.9. The lowest BCUT2D eigenvalue weighted by molar-refractivity contribution is -0.791. The molecule has 0 atom stereocenters. The van der Waals surface area contributed by atoms with Gasteiger partial charge in [0.1, 0.15) is 13.1 Å². The molecule has 1 aliphatic heterocycles. The number of nitrogens with zero attached hydrogens (tertiary/aromatic N) is 1. The highest BCUT2D eigenvalue weighted by molar-refractivity contribution is 4.55. The van der Waals surface area contributed by atoms with Crippen molar-refractivity contribution in [2.24, 2.45) is 0 Å². The molecular formula is C6H13N+. The number of hydrogen-bond donors (Lipinski definition) is 0. The summed E-state index contributed by atoms with van der Waals surface area (Å²) in [5, 5.41) is 0. The Kier molecular flexibility index (Phi) is 1.08. The molecule has 0 aromatic carbocycles. The quantitative estimate of drug-likeness (QED) is 0.352. The zero-order valence-electron chi connectivity index (χ0n) is 4.98. The summed E-state index contributed by atoms with van der Waals surface area (Å²) in [6.07, 6.45) is 0. The minimum Gasteiger partial charge on any atom is -0.315 e. The van der Waals surface area contributed by atoms with Crippen LogP contribution in [0.1, 0.15) is 6.92 Å². The van der Waals surface area contributed by atoms with Gasteiger partial charge in [-0.3, -0.25) is 0 Å². The lowest BCUT2D eigenvalue weighted by atomic mass is 10.6. The van der Waals surface area contributed by atoms with Gasteiger partial charge >= 0.3 is 0 Å². The van der Waals surface area contributed by atoms with Gasteiger partial charge in [0.2, 0.25) is 0 Å². The SMILES string of the molecule is [CH2]C[N+]1(CC)CC1. The minimum atomic E-state index is 1.09. The van der Waals surface area contributed by atoms with Gasteiger partial charge in [0.05, 0.1) is 13.1 Å². The summed E-state index contributed by atoms with van der Waals surface area (Å²) in [5.74, 6) is 0. The maximum absolute atomic E-state index is 3.86. The molecule has 0 bridgehead atoms. The van der Waals surface area contributed by atoms with Crippen LogP contribution >= 0.6 is 0 Å². The van der Waals surface area contributed by atoms with Gasteiger partial charge in [0.15, 0.2) is 0 Å². The Bertz CT molecular complexity index is 58.6. The molecule has 1 heterocycles. The largest absolute Gasteiger partial charge is 0.315 e. The van der Waals surface area contributed by atoms with E-state index in [-0.39, 0.29) is 0 Å². The third-order valence-corrected chi connectivity index (χ3v) is 2.00. The molecule has 1 radical (unpaired) electrons. The minimum absolute atomic E-state index is 1.09. The van der Waals surface area contributed by atoms with Gasteiger partial charge in [-0.25, -0.2) is 0 Å². The fourth-order valence-corrected chi connectivity index (χ4v) is 0.839. The number of likely N-dealkylation sites (N-methyl/N-ethyl adjacent to an activating group) is 1. The highest BCUT2D eigenvalue weighted by Gasteiger charge is 2.37.